The van der Waals surface area contributed by atoms with Crippen LogP contribution in [0.25, 0.3) is 0 Å². The molecule has 62 valence electrons. The van der Waals surface area contributed by atoms with E-state index in [4.69, 9.17) is 5.73 Å². The molecule has 6 heteroatoms. The minimum absolute atomic E-state index is 0.153. The molecule has 0 unspecified atom stereocenters. The molecule has 2 N–H and O–H groups in total. The SMILES string of the molecule is CN=CC(=C(N)SC)[N+](=O)[O-]. The van der Waals surface area contributed by atoms with Crippen molar-refractivity contribution in [1.82, 2.24) is 0 Å². The fourth-order valence-corrected chi connectivity index (χ4v) is 0.764. The Hall–Kier alpha value is -1.04. The van der Waals surface area contributed by atoms with Crippen molar-refractivity contribution in [3.63, 3.8) is 0 Å². The van der Waals surface area contributed by atoms with Gasteiger partial charge in [0, 0.05) is 7.05 Å². The number of nitrogens with zero attached hydrogens (tertiary/aromatic N) is 2. The molecular weight excluding hydrogens is 166 g/mol. The third-order valence-electron chi connectivity index (χ3n) is 0.920. The maximum Gasteiger partial charge on any atom is 0.316 e. The first kappa shape index (κ1) is 9.96. The monoisotopic (exact) mass is 175 g/mol. The molecule has 0 amide bonds. The van der Waals surface area contributed by atoms with Gasteiger partial charge in [-0.3, -0.25) is 15.1 Å². The van der Waals surface area contributed by atoms with Crippen LogP contribution in [-0.2, 0) is 0 Å². The summed E-state index contributed by atoms with van der Waals surface area (Å²) in [5.74, 6) is 0. The Morgan fingerprint density at radius 1 is 1.82 bits per heavy atom. The van der Waals surface area contributed by atoms with Gasteiger partial charge in [0.25, 0.3) is 0 Å². The molecule has 0 spiro atoms. The van der Waals surface area contributed by atoms with Gasteiger partial charge in [-0.1, -0.05) is 0 Å². The molecule has 0 aliphatic heterocycles. The van der Waals surface area contributed by atoms with Gasteiger partial charge in [-0.25, -0.2) is 0 Å². The van der Waals surface area contributed by atoms with E-state index < -0.39 is 4.92 Å². The van der Waals surface area contributed by atoms with Gasteiger partial charge in [-0.05, 0) is 6.26 Å². The topological polar surface area (TPSA) is 81.5 Å². The molecule has 0 heterocycles. The molecule has 0 rings (SSSR count). The lowest BCUT2D eigenvalue weighted by molar-refractivity contribution is -0.414. The van der Waals surface area contributed by atoms with Crippen molar-refractivity contribution < 1.29 is 4.92 Å². The number of nitro groups is 1. The van der Waals surface area contributed by atoms with Crippen LogP contribution >= 0.6 is 11.8 Å². The summed E-state index contributed by atoms with van der Waals surface area (Å²) in [5, 5.41) is 10.4. The van der Waals surface area contributed by atoms with Crippen molar-refractivity contribution in [2.24, 2.45) is 10.7 Å². The fourth-order valence-electron chi connectivity index (χ4n) is 0.428. The molecular formula is C5H9N3O2S. The third kappa shape index (κ3) is 3.03. The van der Waals surface area contributed by atoms with Gasteiger partial charge >= 0.3 is 5.70 Å². The first-order valence-corrected chi connectivity index (χ1v) is 3.96. The molecule has 0 saturated carbocycles. The standard InChI is InChI=1S/C5H9N3O2S/c1-7-3-4(8(9)10)5(6)11-2/h3H,6H2,1-2H3. The number of hydrogen-bond acceptors (Lipinski definition) is 5. The van der Waals surface area contributed by atoms with Crippen molar-refractivity contribution >= 4 is 18.0 Å². The van der Waals surface area contributed by atoms with Crippen molar-refractivity contribution in [3.8, 4) is 0 Å². The molecule has 0 atom stereocenters. The highest BCUT2D eigenvalue weighted by Crippen LogP contribution is 2.09. The van der Waals surface area contributed by atoms with Gasteiger partial charge < -0.3 is 5.73 Å². The first-order valence-electron chi connectivity index (χ1n) is 2.73. The lowest BCUT2D eigenvalue weighted by Crippen LogP contribution is -2.08. The van der Waals surface area contributed by atoms with Crippen LogP contribution in [0.2, 0.25) is 0 Å². The van der Waals surface area contributed by atoms with Crippen LogP contribution in [0.3, 0.4) is 0 Å². The van der Waals surface area contributed by atoms with Gasteiger partial charge in [0.1, 0.15) is 11.2 Å². The highest BCUT2D eigenvalue weighted by molar-refractivity contribution is 8.02. The van der Waals surface area contributed by atoms with Crippen molar-refractivity contribution in [2.75, 3.05) is 13.3 Å². The van der Waals surface area contributed by atoms with Gasteiger partial charge in [0.2, 0.25) is 0 Å². The average molecular weight is 175 g/mol. The van der Waals surface area contributed by atoms with Crippen LogP contribution in [-0.4, -0.2) is 24.4 Å². The number of thioether (sulfide) groups is 1. The zero-order valence-corrected chi connectivity index (χ0v) is 7.09. The van der Waals surface area contributed by atoms with E-state index in [1.807, 2.05) is 0 Å². The third-order valence-corrected chi connectivity index (χ3v) is 1.57. The van der Waals surface area contributed by atoms with Gasteiger partial charge in [-0.2, -0.15) is 0 Å². The summed E-state index contributed by atoms with van der Waals surface area (Å²) in [7, 11) is 1.46. The molecule has 0 aliphatic rings. The largest absolute Gasteiger partial charge is 0.388 e. The van der Waals surface area contributed by atoms with E-state index >= 15 is 0 Å². The Morgan fingerprint density at radius 3 is 2.64 bits per heavy atom. The van der Waals surface area contributed by atoms with E-state index in [1.54, 1.807) is 6.26 Å². The summed E-state index contributed by atoms with van der Waals surface area (Å²) in [4.78, 5) is 13.2. The molecule has 0 aliphatic carbocycles. The molecule has 0 saturated heterocycles. The lowest BCUT2D eigenvalue weighted by Gasteiger charge is -1.94. The first-order chi connectivity index (χ1) is 5.13. The molecule has 5 nitrogen and oxygen atoms in total. The Bertz CT molecular complexity index is 212. The predicted molar refractivity (Wildman–Crippen MR) is 46.1 cm³/mol. The van der Waals surface area contributed by atoms with Crippen molar-refractivity contribution in [3.05, 3.63) is 20.8 Å². The predicted octanol–water partition coefficient (Wildman–Crippen LogP) is 0.455. The minimum Gasteiger partial charge on any atom is -0.388 e. The Morgan fingerprint density at radius 2 is 2.36 bits per heavy atom. The second-order valence-corrected chi connectivity index (χ2v) is 2.45. The van der Waals surface area contributed by atoms with Crippen molar-refractivity contribution in [2.45, 2.75) is 0 Å². The number of allylic oxidation sites excluding steroid dienone is 1. The molecule has 0 radical (unpaired) electrons. The van der Waals surface area contributed by atoms with Crippen LogP contribution < -0.4 is 5.73 Å². The van der Waals surface area contributed by atoms with E-state index in [2.05, 4.69) is 4.99 Å². The van der Waals surface area contributed by atoms with Crippen molar-refractivity contribution in [1.29, 1.82) is 0 Å². The Kier molecular flexibility index (Phi) is 4.28. The Labute approximate surface area is 68.5 Å². The summed E-state index contributed by atoms with van der Waals surface area (Å²) in [6, 6.07) is 0. The van der Waals surface area contributed by atoms with E-state index in [9.17, 15) is 10.1 Å². The molecule has 0 aromatic rings. The summed E-state index contributed by atoms with van der Waals surface area (Å²) in [6.45, 7) is 0. The molecule has 0 aromatic carbocycles. The van der Waals surface area contributed by atoms with Crippen LogP contribution in [0.4, 0.5) is 0 Å². The number of aliphatic imine (C=N–C) groups is 1. The molecule has 0 aromatic heterocycles. The van der Waals surface area contributed by atoms with Crippen LogP contribution in [0, 0.1) is 10.1 Å². The molecule has 0 fully saturated rings. The highest BCUT2D eigenvalue weighted by atomic mass is 32.2. The smallest absolute Gasteiger partial charge is 0.316 e. The van der Waals surface area contributed by atoms with Crippen LogP contribution in [0.1, 0.15) is 0 Å². The van der Waals surface area contributed by atoms with Crippen LogP contribution in [0.15, 0.2) is 15.7 Å². The molecule has 0 bridgehead atoms. The minimum atomic E-state index is -0.557. The summed E-state index contributed by atoms with van der Waals surface area (Å²) < 4.78 is 0. The lowest BCUT2D eigenvalue weighted by atomic mass is 10.5. The molecule has 11 heavy (non-hydrogen) atoms. The van der Waals surface area contributed by atoms with Gasteiger partial charge in [0.05, 0.1) is 4.92 Å². The fraction of sp³-hybridized carbons (Fsp3) is 0.400. The summed E-state index contributed by atoms with van der Waals surface area (Å²) in [6.07, 6.45) is 2.80. The summed E-state index contributed by atoms with van der Waals surface area (Å²) >= 11 is 1.13. The normalized spacial score (nSPS) is 13.3. The average Bonchev–Trinajstić information content (AvgIpc) is 1.98. The quantitative estimate of drug-likeness (QED) is 0.383. The maximum atomic E-state index is 10.3. The van der Waals surface area contributed by atoms with Gasteiger partial charge in [-0.15, -0.1) is 11.8 Å². The zero-order chi connectivity index (χ0) is 8.85. The highest BCUT2D eigenvalue weighted by Gasteiger charge is 2.11. The maximum absolute atomic E-state index is 10.3. The number of rotatable bonds is 3. The van der Waals surface area contributed by atoms with E-state index in [-0.39, 0.29) is 10.7 Å². The summed E-state index contributed by atoms with van der Waals surface area (Å²) in [5.41, 5.74) is 5.16. The second-order valence-electron chi connectivity index (χ2n) is 1.60. The van der Waals surface area contributed by atoms with Gasteiger partial charge in [0.15, 0.2) is 0 Å². The second kappa shape index (κ2) is 4.73. The van der Waals surface area contributed by atoms with Crippen LogP contribution in [0.5, 0.6) is 0 Å². The Balaban J connectivity index is 4.72. The number of hydrogen-bond donors (Lipinski definition) is 1. The van der Waals surface area contributed by atoms with E-state index in [0.29, 0.717) is 0 Å². The van der Waals surface area contributed by atoms with E-state index in [0.717, 1.165) is 18.0 Å². The number of nitrogens with two attached hydrogens (primary N) is 1. The zero-order valence-electron chi connectivity index (χ0n) is 6.27. The van der Waals surface area contributed by atoms with E-state index in [1.165, 1.54) is 7.05 Å².